The summed E-state index contributed by atoms with van der Waals surface area (Å²) in [5.41, 5.74) is 5.11. The molecule has 0 aromatic rings. The summed E-state index contributed by atoms with van der Waals surface area (Å²) in [6.07, 6.45) is 20.9. The molecule has 0 saturated carbocycles. The number of aliphatic carboxylic acids is 5. The molecule has 0 fully saturated rings. The molecule has 0 aliphatic rings. The van der Waals surface area contributed by atoms with Crippen molar-refractivity contribution in [3.8, 4) is 0 Å². The summed E-state index contributed by atoms with van der Waals surface area (Å²) in [5.74, 6) is -6.31. The van der Waals surface area contributed by atoms with E-state index in [1.807, 2.05) is 0 Å². The minimum atomic E-state index is -1.24. The summed E-state index contributed by atoms with van der Waals surface area (Å²) < 4.78 is 0. The van der Waals surface area contributed by atoms with Crippen LogP contribution >= 0.6 is 0 Å². The summed E-state index contributed by atoms with van der Waals surface area (Å²) >= 11 is 0. The van der Waals surface area contributed by atoms with Crippen LogP contribution in [0.1, 0.15) is 110 Å². The van der Waals surface area contributed by atoms with Crippen LogP contribution in [0, 0.1) is 39.9 Å². The molecule has 0 rings (SSSR count). The molecule has 48 heavy (non-hydrogen) atoms. The van der Waals surface area contributed by atoms with E-state index in [4.69, 9.17) is 31.3 Å². The average molecular weight is 834 g/mol. The summed E-state index contributed by atoms with van der Waals surface area (Å²) in [7, 11) is 0. The number of hydrogen-bond donors (Lipinski definition) is 6. The molecule has 0 atom stereocenters. The van der Waals surface area contributed by atoms with E-state index in [9.17, 15) is 28.8 Å². The van der Waals surface area contributed by atoms with E-state index in [2.05, 4.69) is 6.92 Å². The predicted octanol–water partition coefficient (Wildman–Crippen LogP) is 3.05. The predicted molar refractivity (Wildman–Crippen MR) is 176 cm³/mol. The third-order valence-electron chi connectivity index (χ3n) is 7.29. The average Bonchev–Trinajstić information content (AvgIpc) is 2.95. The Morgan fingerprint density at radius 3 is 0.896 bits per heavy atom. The molecule has 0 unspecified atom stereocenters. The van der Waals surface area contributed by atoms with Crippen molar-refractivity contribution < 1.29 is 94.2 Å². The number of hydrogen-bond acceptors (Lipinski definition) is 9. The maximum atomic E-state index is 11.0. The van der Waals surface area contributed by atoms with Gasteiger partial charge in [0.15, 0.2) is 0 Å². The molecule has 1 amide bonds. The van der Waals surface area contributed by atoms with Crippen molar-refractivity contribution in [2.24, 2.45) is 5.73 Å². The van der Waals surface area contributed by atoms with Crippen molar-refractivity contribution in [1.82, 2.24) is 14.7 Å². The molecule has 0 saturated heterocycles. The Labute approximate surface area is 317 Å². The van der Waals surface area contributed by atoms with Gasteiger partial charge in [0, 0.05) is 32.6 Å². The van der Waals surface area contributed by atoms with Gasteiger partial charge in [0.05, 0.1) is 32.7 Å². The van der Waals surface area contributed by atoms with E-state index in [0.717, 1.165) is 16.2 Å². The molecule has 0 aromatic carbocycles. The van der Waals surface area contributed by atoms with Crippen molar-refractivity contribution in [2.45, 2.75) is 110 Å². The number of carbonyl (C=O) groups excluding carboxylic acids is 1. The first-order valence-corrected chi connectivity index (χ1v) is 16.8. The summed E-state index contributed by atoms with van der Waals surface area (Å²) in [6, 6.07) is 0. The first kappa shape index (κ1) is 50.4. The number of unbranched alkanes of at least 4 members (excludes halogenated alkanes) is 14. The SMILES string of the molecule is CCCCCCCCCCCCCCCCCC(N)=O.O=C(O)CN(CCN(CC(=O)O)CC(=O)O)CCN(CC(=O)O)CC(=O)O.[Gd+3]. The van der Waals surface area contributed by atoms with E-state index in [0.29, 0.717) is 6.42 Å². The normalized spacial score (nSPS) is 10.8. The molecule has 0 aliphatic heterocycles. The summed E-state index contributed by atoms with van der Waals surface area (Å²) in [6.45, 7) is -0.460. The van der Waals surface area contributed by atoms with Crippen molar-refractivity contribution >= 4 is 35.8 Å². The monoisotopic (exact) mass is 834 g/mol. The van der Waals surface area contributed by atoms with Crippen LogP contribution in [-0.2, 0) is 28.8 Å². The van der Waals surface area contributed by atoms with Gasteiger partial charge in [0.25, 0.3) is 0 Å². The minimum Gasteiger partial charge on any atom is -0.480 e. The standard InChI is InChI=1S/C18H37NO.C14H23N3O10.Gd/c1-2-3-4-5-6-7-8-9-10-11-12-13-14-15-16-17-18(19)20;18-10(19)5-15(1-3-16(6-11(20)21)7-12(22)23)2-4-17(8-13(24)25)9-14(26)27;/h2-17H2,1H3,(H2,19,20);1-9H2,(H,18,19)(H,20,21)(H,22,23)(H,24,25)(H,26,27);/q;;+3. The number of primary amides is 1. The fraction of sp³-hybridized carbons (Fsp3) is 0.812. The van der Waals surface area contributed by atoms with Gasteiger partial charge in [-0.15, -0.1) is 0 Å². The first-order valence-electron chi connectivity index (χ1n) is 16.8. The quantitative estimate of drug-likeness (QED) is 0.0535. The van der Waals surface area contributed by atoms with Gasteiger partial charge in [0.1, 0.15) is 0 Å². The number of carboxylic acids is 5. The molecule has 15 nitrogen and oxygen atoms in total. The van der Waals surface area contributed by atoms with Gasteiger partial charge in [-0.1, -0.05) is 96.8 Å². The van der Waals surface area contributed by atoms with Gasteiger partial charge in [-0.05, 0) is 6.42 Å². The Morgan fingerprint density at radius 2 is 0.646 bits per heavy atom. The maximum absolute atomic E-state index is 11.0. The van der Waals surface area contributed by atoms with E-state index in [1.165, 1.54) is 94.8 Å². The van der Waals surface area contributed by atoms with Crippen LogP contribution in [0.25, 0.3) is 0 Å². The number of rotatable bonds is 32. The van der Waals surface area contributed by atoms with Crippen LogP contribution in [0.4, 0.5) is 0 Å². The Hall–Kier alpha value is -1.98. The minimum absolute atomic E-state index is 0. The van der Waals surface area contributed by atoms with Crippen molar-refractivity contribution in [2.75, 3.05) is 58.9 Å². The number of nitrogens with two attached hydrogens (primary N) is 1. The number of amides is 1. The van der Waals surface area contributed by atoms with Gasteiger partial charge < -0.3 is 31.3 Å². The van der Waals surface area contributed by atoms with Crippen LogP contribution in [-0.4, -0.2) is 135 Å². The van der Waals surface area contributed by atoms with Gasteiger partial charge in [0.2, 0.25) is 5.91 Å². The van der Waals surface area contributed by atoms with Crippen LogP contribution < -0.4 is 5.73 Å². The second-order valence-electron chi connectivity index (χ2n) is 11.8. The van der Waals surface area contributed by atoms with E-state index in [1.54, 1.807) is 0 Å². The number of carbonyl (C=O) groups is 6. The molecular formula is C32H60GdN4O11+3. The van der Waals surface area contributed by atoms with Crippen molar-refractivity contribution in [1.29, 1.82) is 0 Å². The molecule has 0 aromatic heterocycles. The third kappa shape index (κ3) is 40.2. The Kier molecular flexibility index (Phi) is 36.6. The zero-order valence-corrected chi connectivity index (χ0v) is 30.9. The molecule has 279 valence electrons. The summed E-state index contributed by atoms with van der Waals surface area (Å²) in [4.78, 5) is 68.2. The van der Waals surface area contributed by atoms with E-state index >= 15 is 0 Å². The van der Waals surface area contributed by atoms with Crippen LogP contribution in [0.3, 0.4) is 0 Å². The topological polar surface area (TPSA) is 239 Å². The van der Waals surface area contributed by atoms with Crippen LogP contribution in [0.15, 0.2) is 0 Å². The van der Waals surface area contributed by atoms with Gasteiger partial charge in [-0.25, -0.2) is 0 Å². The van der Waals surface area contributed by atoms with Gasteiger partial charge in [-0.3, -0.25) is 43.5 Å². The number of nitrogens with zero attached hydrogens (tertiary/aromatic N) is 3. The Bertz CT molecular complexity index is 824. The zero-order valence-electron chi connectivity index (χ0n) is 28.6. The zero-order chi connectivity index (χ0) is 35.9. The smallest absolute Gasteiger partial charge is 0.480 e. The third-order valence-corrected chi connectivity index (χ3v) is 7.29. The van der Waals surface area contributed by atoms with Crippen molar-refractivity contribution in [3.05, 3.63) is 0 Å². The van der Waals surface area contributed by atoms with Gasteiger partial charge in [-0.2, -0.15) is 0 Å². The molecule has 0 aliphatic carbocycles. The Morgan fingerprint density at radius 1 is 0.417 bits per heavy atom. The largest absolute Gasteiger partial charge is 3.00 e. The molecule has 0 bridgehead atoms. The fourth-order valence-electron chi connectivity index (χ4n) is 4.89. The Balaban J connectivity index is -0.000000862. The molecule has 0 heterocycles. The fourth-order valence-corrected chi connectivity index (χ4v) is 4.89. The van der Waals surface area contributed by atoms with Crippen LogP contribution in [0.2, 0.25) is 0 Å². The van der Waals surface area contributed by atoms with E-state index < -0.39 is 62.6 Å². The molecule has 0 spiro atoms. The molecule has 7 N–H and O–H groups in total. The van der Waals surface area contributed by atoms with Gasteiger partial charge >= 0.3 is 69.8 Å². The first-order chi connectivity index (χ1) is 22.3. The molecule has 1 radical (unpaired) electrons. The van der Waals surface area contributed by atoms with E-state index in [-0.39, 0.29) is 72.0 Å². The van der Waals surface area contributed by atoms with Crippen molar-refractivity contribution in [3.63, 3.8) is 0 Å². The van der Waals surface area contributed by atoms with Crippen LogP contribution in [0.5, 0.6) is 0 Å². The summed E-state index contributed by atoms with van der Waals surface area (Å²) in [5, 5.41) is 44.1. The second-order valence-corrected chi connectivity index (χ2v) is 11.8. The molecular weight excluding hydrogens is 774 g/mol. The second kappa shape index (κ2) is 34.9. The number of carboxylic acid groups (broad SMARTS) is 5. The molecule has 16 heteroatoms. The maximum Gasteiger partial charge on any atom is 3.00 e.